The first-order valence-corrected chi connectivity index (χ1v) is 10.6. The van der Waals surface area contributed by atoms with Crippen LogP contribution in [0.25, 0.3) is 0 Å². The van der Waals surface area contributed by atoms with E-state index in [-0.39, 0.29) is 37.6 Å². The summed E-state index contributed by atoms with van der Waals surface area (Å²) in [6.45, 7) is 2.31. The average molecular weight is 579 g/mol. The smallest absolute Gasteiger partial charge is 0.277 e. The number of carbonyl (C=O) groups excluding carboxylic acids is 1. The van der Waals surface area contributed by atoms with E-state index in [1.165, 1.54) is 24.3 Å². The molecule has 0 atom stereocenters. The molecule has 0 radical (unpaired) electrons. The molecule has 2 aromatic rings. The third kappa shape index (κ3) is 7.15. The number of carbonyl (C=O) groups is 1. The molecule has 0 aliphatic rings. The summed E-state index contributed by atoms with van der Waals surface area (Å²) < 4.78 is 45.1. The molecule has 0 unspecified atom stereocenters. The summed E-state index contributed by atoms with van der Waals surface area (Å²) in [7, 11) is 0. The van der Waals surface area contributed by atoms with Gasteiger partial charge in [0, 0.05) is 15.6 Å². The number of aliphatic hydroxyl groups excluding tert-OH is 2. The first kappa shape index (κ1) is 26.6. The first-order valence-electron chi connectivity index (χ1n) is 9.52. The highest BCUT2D eigenvalue weighted by atomic mass is 127. The van der Waals surface area contributed by atoms with Crippen molar-refractivity contribution in [2.45, 2.75) is 6.42 Å². The third-order valence-electron chi connectivity index (χ3n) is 4.01. The minimum absolute atomic E-state index is 0.0532. The molecule has 12 heteroatoms. The summed E-state index contributed by atoms with van der Waals surface area (Å²) in [5.74, 6) is -4.59. The van der Waals surface area contributed by atoms with Gasteiger partial charge in [-0.1, -0.05) is 11.2 Å². The highest BCUT2D eigenvalue weighted by Gasteiger charge is 2.26. The number of aliphatic hydroxyl groups is 2. The molecule has 0 fully saturated rings. The monoisotopic (exact) mass is 579 g/mol. The minimum Gasteiger partial charge on any atom is -0.394 e. The summed E-state index contributed by atoms with van der Waals surface area (Å²) in [5.41, 5.74) is 0.213. The first-order chi connectivity index (χ1) is 15.8. The molecule has 0 aromatic heterocycles. The Morgan fingerprint density at radius 2 is 1.85 bits per heavy atom. The Balaban J connectivity index is 2.62. The van der Waals surface area contributed by atoms with E-state index in [4.69, 9.17) is 19.9 Å². The molecule has 2 aromatic carbocycles. The van der Waals surface area contributed by atoms with Gasteiger partial charge in [-0.15, -0.1) is 6.58 Å². The number of hydrogen-bond acceptors (Lipinski definition) is 7. The van der Waals surface area contributed by atoms with E-state index >= 15 is 8.78 Å². The van der Waals surface area contributed by atoms with Crippen molar-refractivity contribution >= 4 is 45.6 Å². The summed E-state index contributed by atoms with van der Waals surface area (Å²) in [6.07, 6.45) is 1.30. The van der Waals surface area contributed by atoms with Crippen LogP contribution in [0, 0.1) is 21.0 Å². The highest BCUT2D eigenvalue weighted by molar-refractivity contribution is 14.1. The number of benzene rings is 2. The molecule has 0 saturated carbocycles. The van der Waals surface area contributed by atoms with Gasteiger partial charge in [0.05, 0.1) is 42.5 Å². The lowest BCUT2D eigenvalue weighted by Crippen LogP contribution is -2.27. The van der Waals surface area contributed by atoms with Crippen molar-refractivity contribution in [2.75, 3.05) is 31.7 Å². The van der Waals surface area contributed by atoms with Crippen LogP contribution >= 0.6 is 22.6 Å². The van der Waals surface area contributed by atoms with Crippen LogP contribution in [0.2, 0.25) is 0 Å². The van der Waals surface area contributed by atoms with Gasteiger partial charge in [-0.25, -0.2) is 18.7 Å². The maximum atomic E-state index is 15.2. The largest absolute Gasteiger partial charge is 0.394 e. The molecule has 178 valence electrons. The van der Waals surface area contributed by atoms with Crippen LogP contribution in [0.15, 0.2) is 42.1 Å². The van der Waals surface area contributed by atoms with Crippen LogP contribution in [-0.2, 0) is 9.68 Å². The molecule has 0 aliphatic heterocycles. The molecule has 0 aliphatic carbocycles. The lowest BCUT2D eigenvalue weighted by Gasteiger charge is -2.17. The van der Waals surface area contributed by atoms with E-state index in [0.717, 1.165) is 6.07 Å². The summed E-state index contributed by atoms with van der Waals surface area (Å²) in [6, 6.07) is 5.00. The minimum atomic E-state index is -1.48. The lowest BCUT2D eigenvalue weighted by molar-refractivity contribution is 0.0168. The van der Waals surface area contributed by atoms with E-state index in [9.17, 15) is 9.18 Å². The quantitative estimate of drug-likeness (QED) is 0.101. The predicted octanol–water partition coefficient (Wildman–Crippen LogP) is 3.39. The van der Waals surface area contributed by atoms with Crippen LogP contribution < -0.4 is 10.8 Å². The van der Waals surface area contributed by atoms with Crippen LogP contribution in [-0.4, -0.2) is 48.3 Å². The van der Waals surface area contributed by atoms with Crippen molar-refractivity contribution in [3.8, 4) is 0 Å². The number of allylic oxidation sites excluding steroid dienone is 1. The maximum Gasteiger partial charge on any atom is 0.277 e. The molecule has 0 spiro atoms. The molecule has 0 saturated heterocycles. The van der Waals surface area contributed by atoms with Gasteiger partial charge in [0.2, 0.25) is 0 Å². The number of hydrogen-bond donors (Lipinski definition) is 4. The fraction of sp³-hybridized carbons (Fsp3) is 0.238. The molecule has 8 nitrogen and oxygen atoms in total. The van der Waals surface area contributed by atoms with Crippen LogP contribution in [0.5, 0.6) is 0 Å². The Bertz CT molecular complexity index is 1040. The highest BCUT2D eigenvalue weighted by Crippen LogP contribution is 2.31. The maximum absolute atomic E-state index is 15.2. The van der Waals surface area contributed by atoms with E-state index in [0.29, 0.717) is 3.57 Å². The zero-order chi connectivity index (χ0) is 24.4. The molecule has 33 heavy (non-hydrogen) atoms. The third-order valence-corrected chi connectivity index (χ3v) is 4.68. The Labute approximate surface area is 201 Å². The predicted molar refractivity (Wildman–Crippen MR) is 124 cm³/mol. The Morgan fingerprint density at radius 3 is 2.48 bits per heavy atom. The number of nitrogens with one attached hydrogen (secondary N) is 2. The second-order valence-corrected chi connectivity index (χ2v) is 7.56. The number of amides is 1. The van der Waals surface area contributed by atoms with Crippen LogP contribution in [0.4, 0.5) is 24.5 Å². The van der Waals surface area contributed by atoms with Gasteiger partial charge in [0.15, 0.2) is 11.6 Å². The molecule has 0 bridgehead atoms. The molecule has 2 rings (SSSR count). The standard InChI is InChI=1S/C21H21F3IN3O5/c1-2-3-16(27-32-8-6-29)13-11-14(21(31)28-33-9-7-30)20(19(24)18(13)23)26-17-5-4-12(25)10-15(17)22/h2,4-5,10-11,26,29-30H,1,3,6-9H2,(H,28,31). The number of oxime groups is 1. The topological polar surface area (TPSA) is 112 Å². The number of nitrogens with zero attached hydrogens (tertiary/aromatic N) is 1. The van der Waals surface area contributed by atoms with Crippen molar-refractivity contribution in [1.29, 1.82) is 0 Å². The molecular weight excluding hydrogens is 558 g/mol. The van der Waals surface area contributed by atoms with E-state index in [2.05, 4.69) is 17.1 Å². The number of anilines is 2. The van der Waals surface area contributed by atoms with Gasteiger partial charge in [-0.05, 0) is 46.9 Å². The van der Waals surface area contributed by atoms with E-state index in [1.54, 1.807) is 0 Å². The fourth-order valence-electron chi connectivity index (χ4n) is 2.58. The molecular formula is C21H21F3IN3O5. The zero-order valence-corrected chi connectivity index (χ0v) is 19.4. The van der Waals surface area contributed by atoms with Gasteiger partial charge in [-0.2, -0.15) is 0 Å². The lowest BCUT2D eigenvalue weighted by atomic mass is 10.0. The molecule has 0 heterocycles. The van der Waals surface area contributed by atoms with E-state index in [1.807, 2.05) is 28.1 Å². The number of rotatable bonds is 12. The van der Waals surface area contributed by atoms with Crippen molar-refractivity contribution in [3.63, 3.8) is 0 Å². The van der Waals surface area contributed by atoms with Gasteiger partial charge in [0.25, 0.3) is 5.91 Å². The Kier molecular flexibility index (Phi) is 10.6. The van der Waals surface area contributed by atoms with E-state index < -0.39 is 46.8 Å². The van der Waals surface area contributed by atoms with Gasteiger partial charge >= 0.3 is 0 Å². The average Bonchev–Trinajstić information content (AvgIpc) is 2.78. The number of hydroxylamine groups is 1. The van der Waals surface area contributed by atoms with Crippen molar-refractivity contribution in [3.05, 3.63) is 69.1 Å². The van der Waals surface area contributed by atoms with Crippen molar-refractivity contribution in [2.24, 2.45) is 5.16 Å². The van der Waals surface area contributed by atoms with Gasteiger partial charge < -0.3 is 20.4 Å². The Morgan fingerprint density at radius 1 is 1.12 bits per heavy atom. The van der Waals surface area contributed by atoms with Crippen LogP contribution in [0.1, 0.15) is 22.3 Å². The van der Waals surface area contributed by atoms with Crippen molar-refractivity contribution < 1.29 is 37.9 Å². The van der Waals surface area contributed by atoms with Crippen LogP contribution in [0.3, 0.4) is 0 Å². The summed E-state index contributed by atoms with van der Waals surface area (Å²) >= 11 is 1.88. The molecule has 1 amide bonds. The zero-order valence-electron chi connectivity index (χ0n) is 17.2. The second-order valence-electron chi connectivity index (χ2n) is 6.31. The summed E-state index contributed by atoms with van der Waals surface area (Å²) in [4.78, 5) is 22.3. The summed E-state index contributed by atoms with van der Waals surface area (Å²) in [5, 5.41) is 23.8. The fourth-order valence-corrected chi connectivity index (χ4v) is 3.03. The van der Waals surface area contributed by atoms with Gasteiger partial charge in [0.1, 0.15) is 12.4 Å². The van der Waals surface area contributed by atoms with Gasteiger partial charge in [-0.3, -0.25) is 9.63 Å². The SMILES string of the molecule is C=CCC(=NOCCO)c1cc(C(=O)NOCCO)c(Nc2ccc(I)cc2F)c(F)c1F. The van der Waals surface area contributed by atoms with Crippen molar-refractivity contribution in [1.82, 2.24) is 5.48 Å². The normalized spacial score (nSPS) is 11.3. The second kappa shape index (κ2) is 13.1. The molecule has 4 N–H and O–H groups in total. The Hall–Kier alpha value is -2.68. The number of halogens is 4.